The molecule has 2 N–H and O–H groups in total. The van der Waals surface area contributed by atoms with E-state index in [9.17, 15) is 9.90 Å². The number of carbonyl (C=O) groups is 1. The summed E-state index contributed by atoms with van der Waals surface area (Å²) in [5.41, 5.74) is 3.08. The lowest BCUT2D eigenvalue weighted by atomic mass is 10.1. The lowest BCUT2D eigenvalue weighted by molar-refractivity contribution is 0.0698. The molecule has 0 amide bonds. The van der Waals surface area contributed by atoms with E-state index in [1.165, 1.54) is 6.07 Å². The van der Waals surface area contributed by atoms with E-state index in [2.05, 4.69) is 5.32 Å². The third-order valence-electron chi connectivity index (χ3n) is 3.95. The number of para-hydroxylation sites is 1. The van der Waals surface area contributed by atoms with E-state index in [0.717, 1.165) is 11.1 Å². The first-order valence-electron chi connectivity index (χ1n) is 8.21. The Labute approximate surface area is 167 Å². The van der Waals surface area contributed by atoms with Gasteiger partial charge in [0.25, 0.3) is 0 Å². The maximum atomic E-state index is 11.4. The molecule has 0 aromatic heterocycles. The topological polar surface area (TPSA) is 58.6 Å². The Morgan fingerprint density at radius 3 is 2.59 bits per heavy atom. The van der Waals surface area contributed by atoms with Crippen LogP contribution in [0.4, 0.5) is 11.4 Å². The first kappa shape index (κ1) is 19.1. The Morgan fingerprint density at radius 2 is 1.85 bits per heavy atom. The average Bonchev–Trinajstić information content (AvgIpc) is 2.65. The van der Waals surface area contributed by atoms with Gasteiger partial charge in [0.15, 0.2) is 0 Å². The van der Waals surface area contributed by atoms with Crippen molar-refractivity contribution in [2.75, 3.05) is 5.32 Å². The number of carboxylic acids is 1. The van der Waals surface area contributed by atoms with E-state index in [1.54, 1.807) is 30.3 Å². The number of hydrogen-bond acceptors (Lipinski definition) is 3. The zero-order valence-electron chi connectivity index (χ0n) is 14.5. The van der Waals surface area contributed by atoms with Crippen LogP contribution >= 0.6 is 23.2 Å². The second-order valence-electron chi connectivity index (χ2n) is 5.99. The van der Waals surface area contributed by atoms with Crippen molar-refractivity contribution in [3.05, 3.63) is 87.4 Å². The van der Waals surface area contributed by atoms with E-state index >= 15 is 0 Å². The predicted molar refractivity (Wildman–Crippen MR) is 109 cm³/mol. The van der Waals surface area contributed by atoms with Crippen molar-refractivity contribution in [2.24, 2.45) is 0 Å². The molecule has 6 heteroatoms. The van der Waals surface area contributed by atoms with Gasteiger partial charge >= 0.3 is 5.97 Å². The quantitative estimate of drug-likeness (QED) is 0.506. The lowest BCUT2D eigenvalue weighted by Crippen LogP contribution is -2.04. The van der Waals surface area contributed by atoms with Crippen LogP contribution in [0.3, 0.4) is 0 Å². The molecule has 0 spiro atoms. The second-order valence-corrected chi connectivity index (χ2v) is 6.77. The highest BCUT2D eigenvalue weighted by Gasteiger charge is 2.16. The number of aromatic carboxylic acids is 1. The van der Waals surface area contributed by atoms with Crippen molar-refractivity contribution in [3.63, 3.8) is 0 Å². The molecule has 0 aliphatic heterocycles. The summed E-state index contributed by atoms with van der Waals surface area (Å²) in [6.07, 6.45) is 0. The number of anilines is 2. The van der Waals surface area contributed by atoms with Crippen LogP contribution in [0, 0.1) is 6.92 Å². The Kier molecular flexibility index (Phi) is 5.89. The monoisotopic (exact) mass is 401 g/mol. The number of carboxylic acid groups (broad SMARTS) is 1. The summed E-state index contributed by atoms with van der Waals surface area (Å²) in [4.78, 5) is 11.4. The molecule has 0 aliphatic carbocycles. The van der Waals surface area contributed by atoms with Gasteiger partial charge in [-0.1, -0.05) is 65.2 Å². The molecule has 4 nitrogen and oxygen atoms in total. The summed E-state index contributed by atoms with van der Waals surface area (Å²) in [7, 11) is 0. The highest BCUT2D eigenvalue weighted by Crippen LogP contribution is 2.40. The normalized spacial score (nSPS) is 10.5. The third kappa shape index (κ3) is 4.54. The standard InChI is InChI=1S/C21H17Cl2NO3/c1-13-5-4-6-14(11-13)12-27-18-10-9-16(22)20(19(18)23)24-17-8-3-2-7-15(17)21(25)26/h2-11,24H,12H2,1H3,(H,25,26). The van der Waals surface area contributed by atoms with Crippen LogP contribution in [-0.4, -0.2) is 11.1 Å². The fourth-order valence-electron chi connectivity index (χ4n) is 2.64. The molecular formula is C21H17Cl2NO3. The zero-order chi connectivity index (χ0) is 19.4. The molecule has 27 heavy (non-hydrogen) atoms. The first-order chi connectivity index (χ1) is 13.0. The van der Waals surface area contributed by atoms with Crippen molar-refractivity contribution in [1.82, 2.24) is 0 Å². The van der Waals surface area contributed by atoms with Gasteiger partial charge in [-0.2, -0.15) is 0 Å². The molecular weight excluding hydrogens is 385 g/mol. The smallest absolute Gasteiger partial charge is 0.337 e. The van der Waals surface area contributed by atoms with Crippen molar-refractivity contribution in [2.45, 2.75) is 13.5 Å². The zero-order valence-corrected chi connectivity index (χ0v) is 16.0. The summed E-state index contributed by atoms with van der Waals surface area (Å²) in [6, 6.07) is 17.9. The Bertz CT molecular complexity index is 989. The molecule has 0 aliphatic rings. The van der Waals surface area contributed by atoms with E-state index in [0.29, 0.717) is 28.8 Å². The Hall–Kier alpha value is -2.69. The molecule has 0 saturated heterocycles. The van der Waals surface area contributed by atoms with Crippen molar-refractivity contribution in [3.8, 4) is 5.75 Å². The Balaban J connectivity index is 1.87. The number of benzene rings is 3. The molecule has 3 aromatic carbocycles. The summed E-state index contributed by atoms with van der Waals surface area (Å²) in [5, 5.41) is 13.0. The van der Waals surface area contributed by atoms with Crippen LogP contribution in [0.2, 0.25) is 10.0 Å². The van der Waals surface area contributed by atoms with Gasteiger partial charge in [0.1, 0.15) is 17.4 Å². The number of halogens is 2. The fraction of sp³-hybridized carbons (Fsp3) is 0.0952. The molecule has 0 radical (unpaired) electrons. The van der Waals surface area contributed by atoms with Gasteiger partial charge in [-0.15, -0.1) is 0 Å². The van der Waals surface area contributed by atoms with Crippen LogP contribution < -0.4 is 10.1 Å². The summed E-state index contributed by atoms with van der Waals surface area (Å²) < 4.78 is 5.84. The van der Waals surface area contributed by atoms with Crippen LogP contribution in [0.15, 0.2) is 60.7 Å². The minimum absolute atomic E-state index is 0.121. The predicted octanol–water partition coefficient (Wildman–Crippen LogP) is 6.32. The maximum absolute atomic E-state index is 11.4. The van der Waals surface area contributed by atoms with Gasteiger partial charge in [-0.3, -0.25) is 0 Å². The van der Waals surface area contributed by atoms with Gasteiger partial charge in [-0.25, -0.2) is 4.79 Å². The molecule has 0 fully saturated rings. The summed E-state index contributed by atoms with van der Waals surface area (Å²) >= 11 is 12.7. The van der Waals surface area contributed by atoms with Crippen molar-refractivity contribution < 1.29 is 14.6 Å². The molecule has 138 valence electrons. The minimum Gasteiger partial charge on any atom is -0.487 e. The third-order valence-corrected chi connectivity index (χ3v) is 4.64. The van der Waals surface area contributed by atoms with Gasteiger partial charge in [-0.05, 0) is 36.8 Å². The summed E-state index contributed by atoms with van der Waals surface area (Å²) in [5.74, 6) is -0.588. The highest BCUT2D eigenvalue weighted by molar-refractivity contribution is 6.40. The van der Waals surface area contributed by atoms with Crippen molar-refractivity contribution in [1.29, 1.82) is 0 Å². The van der Waals surface area contributed by atoms with Crippen LogP contribution in [-0.2, 0) is 6.61 Å². The molecule has 3 aromatic rings. The number of nitrogens with one attached hydrogen (secondary N) is 1. The largest absolute Gasteiger partial charge is 0.487 e. The van der Waals surface area contributed by atoms with Gasteiger partial charge in [0, 0.05) is 0 Å². The van der Waals surface area contributed by atoms with E-state index in [-0.39, 0.29) is 10.6 Å². The number of rotatable bonds is 6. The fourth-order valence-corrected chi connectivity index (χ4v) is 3.16. The van der Waals surface area contributed by atoms with E-state index in [4.69, 9.17) is 27.9 Å². The molecule has 0 bridgehead atoms. The second kappa shape index (κ2) is 8.33. The van der Waals surface area contributed by atoms with Crippen molar-refractivity contribution >= 4 is 40.5 Å². The maximum Gasteiger partial charge on any atom is 0.337 e. The first-order valence-corrected chi connectivity index (χ1v) is 8.97. The number of aryl methyl sites for hydroxylation is 1. The minimum atomic E-state index is -1.04. The highest BCUT2D eigenvalue weighted by atomic mass is 35.5. The van der Waals surface area contributed by atoms with Gasteiger partial charge in [0.2, 0.25) is 0 Å². The van der Waals surface area contributed by atoms with Crippen LogP contribution in [0.25, 0.3) is 0 Å². The Morgan fingerprint density at radius 1 is 1.07 bits per heavy atom. The van der Waals surface area contributed by atoms with E-state index in [1.807, 2.05) is 31.2 Å². The molecule has 0 unspecified atom stereocenters. The average molecular weight is 402 g/mol. The van der Waals surface area contributed by atoms with Crippen LogP contribution in [0.5, 0.6) is 5.75 Å². The summed E-state index contributed by atoms with van der Waals surface area (Å²) in [6.45, 7) is 2.37. The molecule has 3 rings (SSSR count). The molecule has 0 atom stereocenters. The van der Waals surface area contributed by atoms with Gasteiger partial charge in [0.05, 0.1) is 22.0 Å². The van der Waals surface area contributed by atoms with E-state index < -0.39 is 5.97 Å². The number of ether oxygens (including phenoxy) is 1. The SMILES string of the molecule is Cc1cccc(COc2ccc(Cl)c(Nc3ccccc3C(=O)O)c2Cl)c1. The lowest BCUT2D eigenvalue weighted by Gasteiger charge is -2.16. The molecule has 0 heterocycles. The molecule has 0 saturated carbocycles. The number of hydrogen-bond donors (Lipinski definition) is 2. The van der Waals surface area contributed by atoms with Gasteiger partial charge < -0.3 is 15.2 Å². The van der Waals surface area contributed by atoms with Crippen LogP contribution in [0.1, 0.15) is 21.5 Å².